The molecule has 4 nitrogen and oxygen atoms in total. The zero-order chi connectivity index (χ0) is 18.7. The van der Waals surface area contributed by atoms with E-state index in [2.05, 4.69) is 15.9 Å². The van der Waals surface area contributed by atoms with E-state index < -0.39 is 0 Å². The van der Waals surface area contributed by atoms with Gasteiger partial charge in [-0.3, -0.25) is 9.69 Å². The number of ether oxygens (including phenoxy) is 2. The largest absolute Gasteiger partial charge is 0.497 e. The number of methoxy groups -OCH3 is 1. The van der Waals surface area contributed by atoms with Crippen LogP contribution in [0.5, 0.6) is 11.5 Å². The number of hydrogen-bond donors (Lipinski definition) is 0. The normalized spacial score (nSPS) is 15.7. The molecule has 134 valence electrons. The molecule has 1 fully saturated rings. The summed E-state index contributed by atoms with van der Waals surface area (Å²) in [6, 6.07) is 13.0. The van der Waals surface area contributed by atoms with Gasteiger partial charge in [0.05, 0.1) is 24.3 Å². The van der Waals surface area contributed by atoms with E-state index in [1.54, 1.807) is 19.2 Å². The maximum atomic E-state index is 12.9. The monoisotopic (exact) mass is 449 g/mol. The molecule has 1 saturated heterocycles. The van der Waals surface area contributed by atoms with Crippen molar-refractivity contribution in [2.75, 3.05) is 18.6 Å². The summed E-state index contributed by atoms with van der Waals surface area (Å²) in [6.07, 6.45) is 1.82. The third-order valence-electron chi connectivity index (χ3n) is 3.68. The van der Waals surface area contributed by atoms with Gasteiger partial charge in [0.1, 0.15) is 11.5 Å². The summed E-state index contributed by atoms with van der Waals surface area (Å²) in [5.74, 6) is 1.31. The van der Waals surface area contributed by atoms with Gasteiger partial charge in [0.15, 0.2) is 4.32 Å². The maximum Gasteiger partial charge on any atom is 0.270 e. The van der Waals surface area contributed by atoms with Crippen LogP contribution >= 0.6 is 39.9 Å². The van der Waals surface area contributed by atoms with Crippen molar-refractivity contribution in [3.05, 3.63) is 57.4 Å². The van der Waals surface area contributed by atoms with Crippen LogP contribution < -0.4 is 14.4 Å². The Morgan fingerprint density at radius 2 is 1.96 bits per heavy atom. The van der Waals surface area contributed by atoms with Crippen LogP contribution in [0.25, 0.3) is 6.08 Å². The van der Waals surface area contributed by atoms with Crippen LogP contribution in [0, 0.1) is 0 Å². The Hall–Kier alpha value is -1.83. The number of anilines is 1. The molecule has 0 aromatic heterocycles. The minimum Gasteiger partial charge on any atom is -0.497 e. The third-order valence-corrected chi connectivity index (χ3v) is 5.48. The fourth-order valence-corrected chi connectivity index (χ4v) is 4.15. The molecule has 26 heavy (non-hydrogen) atoms. The van der Waals surface area contributed by atoms with E-state index in [1.165, 1.54) is 16.7 Å². The van der Waals surface area contributed by atoms with Crippen LogP contribution in [0.2, 0.25) is 0 Å². The van der Waals surface area contributed by atoms with Gasteiger partial charge >= 0.3 is 0 Å². The highest BCUT2D eigenvalue weighted by Gasteiger charge is 2.33. The first-order valence-corrected chi connectivity index (χ1v) is 9.89. The van der Waals surface area contributed by atoms with Crippen molar-refractivity contribution in [2.45, 2.75) is 6.92 Å². The lowest BCUT2D eigenvalue weighted by atomic mass is 10.2. The number of halogens is 1. The molecule has 0 radical (unpaired) electrons. The predicted molar refractivity (Wildman–Crippen MR) is 114 cm³/mol. The highest BCUT2D eigenvalue weighted by atomic mass is 79.9. The highest BCUT2D eigenvalue weighted by Crippen LogP contribution is 2.38. The summed E-state index contributed by atoms with van der Waals surface area (Å²) < 4.78 is 12.2. The van der Waals surface area contributed by atoms with E-state index in [4.69, 9.17) is 21.7 Å². The Morgan fingerprint density at radius 3 is 2.62 bits per heavy atom. The zero-order valence-corrected chi connectivity index (χ0v) is 17.4. The molecule has 1 aliphatic rings. The van der Waals surface area contributed by atoms with E-state index in [0.29, 0.717) is 15.8 Å². The van der Waals surface area contributed by atoms with Crippen LogP contribution in [-0.2, 0) is 4.79 Å². The second-order valence-electron chi connectivity index (χ2n) is 5.33. The molecule has 0 unspecified atom stereocenters. The van der Waals surface area contributed by atoms with Crippen molar-refractivity contribution < 1.29 is 14.3 Å². The van der Waals surface area contributed by atoms with Crippen LogP contribution in [0.4, 0.5) is 5.69 Å². The lowest BCUT2D eigenvalue weighted by Gasteiger charge is -2.14. The fraction of sp³-hybridized carbons (Fsp3) is 0.158. The molecular formula is C19H16BrNO3S2. The summed E-state index contributed by atoms with van der Waals surface area (Å²) in [6.45, 7) is 2.48. The van der Waals surface area contributed by atoms with Crippen molar-refractivity contribution >= 4 is 61.9 Å². The number of thioether (sulfide) groups is 1. The average Bonchev–Trinajstić information content (AvgIpc) is 2.91. The SMILES string of the molecule is CCOc1ccc(Br)cc1/C=C1\SC(=S)N(c2ccc(OC)cc2)C1=O. The predicted octanol–water partition coefficient (Wildman–Crippen LogP) is 5.26. The second-order valence-corrected chi connectivity index (χ2v) is 7.92. The van der Waals surface area contributed by atoms with Crippen LogP contribution in [0.1, 0.15) is 12.5 Å². The molecular weight excluding hydrogens is 434 g/mol. The number of benzene rings is 2. The number of carbonyl (C=O) groups excluding carboxylic acids is 1. The number of amides is 1. The summed E-state index contributed by atoms with van der Waals surface area (Å²) in [5.41, 5.74) is 1.55. The molecule has 0 N–H and O–H groups in total. The topological polar surface area (TPSA) is 38.8 Å². The molecule has 0 spiro atoms. The van der Waals surface area contributed by atoms with E-state index in [9.17, 15) is 4.79 Å². The lowest BCUT2D eigenvalue weighted by Crippen LogP contribution is -2.27. The van der Waals surface area contributed by atoms with E-state index in [-0.39, 0.29) is 5.91 Å². The third kappa shape index (κ3) is 3.95. The molecule has 1 heterocycles. The van der Waals surface area contributed by atoms with Gasteiger partial charge in [-0.05, 0) is 55.5 Å². The van der Waals surface area contributed by atoms with Gasteiger partial charge in [-0.15, -0.1) is 0 Å². The summed E-state index contributed by atoms with van der Waals surface area (Å²) in [5, 5.41) is 0. The number of nitrogens with zero attached hydrogens (tertiary/aromatic N) is 1. The number of rotatable bonds is 5. The molecule has 3 rings (SSSR count). The minimum absolute atomic E-state index is 0.146. The average molecular weight is 450 g/mol. The summed E-state index contributed by atoms with van der Waals surface area (Å²) in [7, 11) is 1.60. The van der Waals surface area contributed by atoms with Crippen LogP contribution in [-0.4, -0.2) is 23.9 Å². The van der Waals surface area contributed by atoms with Gasteiger partial charge < -0.3 is 9.47 Å². The van der Waals surface area contributed by atoms with Crippen LogP contribution in [0.3, 0.4) is 0 Å². The van der Waals surface area contributed by atoms with Crippen molar-refractivity contribution in [2.24, 2.45) is 0 Å². The Morgan fingerprint density at radius 1 is 1.23 bits per heavy atom. The Kier molecular flexibility index (Phi) is 6.01. The van der Waals surface area contributed by atoms with Gasteiger partial charge in [-0.1, -0.05) is 39.9 Å². The fourth-order valence-electron chi connectivity index (χ4n) is 2.48. The highest BCUT2D eigenvalue weighted by molar-refractivity contribution is 9.10. The lowest BCUT2D eigenvalue weighted by molar-refractivity contribution is -0.113. The van der Waals surface area contributed by atoms with E-state index >= 15 is 0 Å². The van der Waals surface area contributed by atoms with Crippen molar-refractivity contribution in [3.63, 3.8) is 0 Å². The van der Waals surface area contributed by atoms with Crippen LogP contribution in [0.15, 0.2) is 51.8 Å². The first-order chi connectivity index (χ1) is 12.5. The molecule has 2 aromatic carbocycles. The minimum atomic E-state index is -0.146. The quantitative estimate of drug-likeness (QED) is 0.459. The first kappa shape index (κ1) is 18.9. The van der Waals surface area contributed by atoms with E-state index in [0.717, 1.165) is 27.2 Å². The molecule has 0 atom stereocenters. The van der Waals surface area contributed by atoms with Gasteiger partial charge in [0.25, 0.3) is 5.91 Å². The van der Waals surface area contributed by atoms with Gasteiger partial charge in [-0.25, -0.2) is 0 Å². The van der Waals surface area contributed by atoms with Crippen molar-refractivity contribution in [3.8, 4) is 11.5 Å². The molecule has 0 bridgehead atoms. The van der Waals surface area contributed by atoms with Gasteiger partial charge in [0.2, 0.25) is 0 Å². The standard InChI is InChI=1S/C19H16BrNO3S2/c1-3-24-16-9-4-13(20)10-12(16)11-17-18(22)21(19(25)26-17)14-5-7-15(23-2)8-6-14/h4-11H,3H2,1-2H3/b17-11-. The number of thiocarbonyl (C=S) groups is 1. The zero-order valence-electron chi connectivity index (χ0n) is 14.2. The number of carbonyl (C=O) groups is 1. The molecule has 7 heteroatoms. The molecule has 2 aromatic rings. The second kappa shape index (κ2) is 8.24. The molecule has 0 aliphatic carbocycles. The Balaban J connectivity index is 1.93. The summed E-state index contributed by atoms with van der Waals surface area (Å²) >= 11 is 10.2. The summed E-state index contributed by atoms with van der Waals surface area (Å²) in [4.78, 5) is 15.0. The first-order valence-electron chi connectivity index (χ1n) is 7.88. The van der Waals surface area contributed by atoms with Gasteiger partial charge in [-0.2, -0.15) is 0 Å². The maximum absolute atomic E-state index is 12.9. The van der Waals surface area contributed by atoms with E-state index in [1.807, 2.05) is 43.3 Å². The Labute approximate surface area is 170 Å². The van der Waals surface area contributed by atoms with Gasteiger partial charge in [0, 0.05) is 10.0 Å². The van der Waals surface area contributed by atoms with Crippen molar-refractivity contribution in [1.29, 1.82) is 0 Å². The number of hydrogen-bond acceptors (Lipinski definition) is 5. The molecule has 1 amide bonds. The Bertz CT molecular complexity index is 881. The van der Waals surface area contributed by atoms with Crippen molar-refractivity contribution in [1.82, 2.24) is 0 Å². The molecule has 1 aliphatic heterocycles. The molecule has 0 saturated carbocycles. The smallest absolute Gasteiger partial charge is 0.270 e.